The summed E-state index contributed by atoms with van der Waals surface area (Å²) in [5.41, 5.74) is 64.1. The van der Waals surface area contributed by atoms with E-state index in [0.29, 0.717) is 12.8 Å². The van der Waals surface area contributed by atoms with Gasteiger partial charge in [0.2, 0.25) is 0 Å². The second-order valence-corrected chi connectivity index (χ2v) is 54.1. The van der Waals surface area contributed by atoms with Crippen molar-refractivity contribution in [1.82, 2.24) is 0 Å². The molecule has 0 aromatic carbocycles. The van der Waals surface area contributed by atoms with Crippen molar-refractivity contribution in [2.24, 2.45) is 0 Å². The zero-order chi connectivity index (χ0) is 80.3. The van der Waals surface area contributed by atoms with Gasteiger partial charge in [-0.15, -0.1) is 42.3 Å². The molecule has 0 aromatic heterocycles. The minimum absolute atomic E-state index is 0. The van der Waals surface area contributed by atoms with Crippen LogP contribution in [-0.2, 0) is 146 Å². The van der Waals surface area contributed by atoms with E-state index >= 15 is 0 Å². The molecule has 6 fully saturated rings. The van der Waals surface area contributed by atoms with Crippen LogP contribution in [0.5, 0.6) is 0 Å². The second kappa shape index (κ2) is 182. The number of nitrogens with one attached hydrogen (secondary N) is 9. The predicted octanol–water partition coefficient (Wildman–Crippen LogP) is 24.1. The molecule has 6 saturated carbocycles. The van der Waals surface area contributed by atoms with Gasteiger partial charge in [-0.1, -0.05) is 228 Å². The zero-order valence-corrected chi connectivity index (χ0v) is 91.8. The van der Waals surface area contributed by atoms with Crippen LogP contribution < -0.4 is 0 Å². The van der Waals surface area contributed by atoms with Gasteiger partial charge in [-0.2, -0.15) is 12.1 Å². The summed E-state index contributed by atoms with van der Waals surface area (Å²) in [6.07, 6.45) is 37.7. The third kappa shape index (κ3) is 404. The van der Waals surface area contributed by atoms with Crippen LogP contribution in [0.3, 0.4) is 0 Å². The first-order valence-corrected chi connectivity index (χ1v) is 67.5. The van der Waals surface area contributed by atoms with Crippen LogP contribution in [0, 0.1) is 7.43 Å². The van der Waals surface area contributed by atoms with Crippen LogP contribution in [0.15, 0.2) is 0 Å². The third-order valence-corrected chi connectivity index (χ3v) is 10.7. The summed E-state index contributed by atoms with van der Waals surface area (Å²) in [5.74, 6) is -4.75. The first-order valence-electron chi connectivity index (χ1n) is 30.9. The maximum Gasteiger partial charge on any atom is 2.00 e. The maximum atomic E-state index is 9.60. The molecule has 0 bridgehead atoms. The smallest absolute Gasteiger partial charge is 0.693 e. The van der Waals surface area contributed by atoms with Gasteiger partial charge < -0.3 is 164 Å². The molecule has 0 heterocycles. The van der Waals surface area contributed by atoms with Gasteiger partial charge >= 0.3 is 252 Å². The Labute approximate surface area is 794 Å². The van der Waals surface area contributed by atoms with Crippen molar-refractivity contribution >= 4 is 158 Å². The number of halogens is 13. The Morgan fingerprint density at radius 2 is 0.416 bits per heavy atom. The molecule has 739 valence electrons. The Hall–Kier alpha value is 4.53. The average molecular weight is 3200 g/mol. The van der Waals surface area contributed by atoms with Crippen molar-refractivity contribution in [3.8, 4) is 0 Å². The standard InChI is InChI=1S/C6H12N2.5C6H12N.2C4H8O2.2C3H8N.4C2H4O2.CH3.13ClH.4H2N.9H2O.7Pt/c7-5-3-1-2-4-6(5)8;5*7-6-4-2-1-3-5-6;2*1-2-3-4(5)6;2*1-3(2)4;4*1-2(3)4;;;;;;;;;;;;;;;;;;;;;;;;;;;;;;;;;;/h5-8H,1-4H2;5*6-7H,1-5H2;2*2-3H2,1H3,(H,5,6);2*3-4H,1-2H3;4*1H3,(H,3,4);1H3;13*1H;13*1H2;;;;;;;/q-2;5*-1;;;2*-1;;;;;-1;;;;;;;;;;;;;;4*-1;;;;;;;;;;+1;+2;4*+4;+6/p-13/t5-,6-;;;;;;;;;;;;;;;;;;;;;;;;;;;;;;;;;;;;;;;;;;;;;;;/m1.............................................../s1. The Bertz CT molecular complexity index is 1370. The van der Waals surface area contributed by atoms with Crippen molar-refractivity contribution in [3.63, 3.8) is 0 Å². The third-order valence-electron chi connectivity index (χ3n) is 10.7. The van der Waals surface area contributed by atoms with Gasteiger partial charge in [0.25, 0.3) is 23.9 Å². The first kappa shape index (κ1) is 204. The van der Waals surface area contributed by atoms with E-state index in [4.69, 9.17) is 214 Å². The molecule has 0 amide bonds. The van der Waals surface area contributed by atoms with E-state index in [-0.39, 0.29) is 157 Å². The number of aliphatic carboxylic acids is 6. The molecule has 0 spiro atoms. The number of carboxylic acids is 6. The van der Waals surface area contributed by atoms with Gasteiger partial charge in [-0.3, -0.25) is 28.8 Å². The van der Waals surface area contributed by atoms with Crippen LogP contribution in [0.4, 0.5) is 0 Å². The minimum Gasteiger partial charge on any atom is -0.693 e. The molecule has 41 N–H and O–H groups in total. The van der Waals surface area contributed by atoms with Gasteiger partial charge in [0.05, 0.1) is 0 Å². The van der Waals surface area contributed by atoms with E-state index in [2.05, 4.69) is 9.42 Å². The molecule has 54 heteroatoms. The van der Waals surface area contributed by atoms with Crippen LogP contribution in [0.25, 0.3) is 76.2 Å². The molecule has 6 aliphatic carbocycles. The molecule has 0 aromatic rings. The average Bonchev–Trinajstić information content (AvgIpc) is 0.945. The van der Waals surface area contributed by atoms with Crippen LogP contribution >= 0.6 is 122 Å². The molecule has 0 radical (unpaired) electrons. The van der Waals surface area contributed by atoms with Crippen molar-refractivity contribution in [3.05, 3.63) is 83.6 Å². The van der Waals surface area contributed by atoms with E-state index in [1.54, 1.807) is 18.8 Å². The first-order chi connectivity index (χ1) is 45.4. The van der Waals surface area contributed by atoms with Gasteiger partial charge in [0.15, 0.2) is 0 Å². The topological polar surface area (TPSA) is 855 Å². The summed E-state index contributed by atoms with van der Waals surface area (Å²) in [6.45, 7) is 15.3. The van der Waals surface area contributed by atoms with E-state index in [1.807, 2.05) is 41.5 Å². The molecular formula is C59H149Cl13N13O21Pt7-2. The zero-order valence-electron chi connectivity index (χ0n) is 66.1. The summed E-state index contributed by atoms with van der Waals surface area (Å²) < 4.78 is 0. The molecule has 0 unspecified atom stereocenters. The monoisotopic (exact) mass is 3200 g/mol. The van der Waals surface area contributed by atoms with Crippen LogP contribution in [-0.4, -0.2) is 170 Å². The molecule has 2 atom stereocenters. The van der Waals surface area contributed by atoms with E-state index in [9.17, 15) is 9.59 Å². The Morgan fingerprint density at radius 1 is 0.336 bits per heavy atom. The number of nitrogens with two attached hydrogens (primary N) is 4. The predicted molar refractivity (Wildman–Crippen MR) is 464 cm³/mol. The fraction of sp³-hybridized carbons (Fsp3) is 0.881. The van der Waals surface area contributed by atoms with Crippen molar-refractivity contribution in [1.29, 1.82) is 0 Å². The SMILES string of the molecule is CC(=O)O.CC(=O)O.CC(=O)O.CC(=O)O.CC(C)[NH-].CC(C)[NH-].CCCC(=O)O.CCCC(=O)O.O.O.O.O.O.O.O.O.O.[CH3-].[Cl][Pt+2]([Cl])([Cl])[Cl].[Cl][Pt+2][Cl].[Cl][Pt+2][Cl].[Cl][Pt+2][Cl].[Cl][Pt+2][Cl].[Cl][Pt].[NH-]C1CCCCC1.[NH-]C1CCCCC1.[NH-]C1CCCCC1.[NH-]C1CCCCC1.[NH-]C1CCCCC1.[NH-][C@@H]1CCCC[C@H]1[NH-].[NH2-].[NH2-].[NH2-].[NH2-].[Pt+2]. The van der Waals surface area contributed by atoms with Gasteiger partial charge in [0, 0.05) is 40.5 Å². The number of carboxylic acid groups (broad SMARTS) is 6. The van der Waals surface area contributed by atoms with Gasteiger partial charge in [0.1, 0.15) is 0 Å². The molecule has 113 heavy (non-hydrogen) atoms. The summed E-state index contributed by atoms with van der Waals surface area (Å²) in [5, 5.41) is 45.5. The molecular weight excluding hydrogens is 3050 g/mol. The van der Waals surface area contributed by atoms with Crippen LogP contribution in [0.1, 0.15) is 281 Å². The van der Waals surface area contributed by atoms with Crippen molar-refractivity contribution in [2.75, 3.05) is 0 Å². The Morgan fingerprint density at radius 3 is 0.451 bits per heavy atom. The van der Waals surface area contributed by atoms with Gasteiger partial charge in [-0.05, 0) is 12.8 Å². The number of rotatable bonds is 4. The second-order valence-electron chi connectivity index (χ2n) is 21.3. The largest absolute Gasteiger partial charge is 2.00 e. The molecule has 34 nitrogen and oxygen atoms in total. The summed E-state index contributed by atoms with van der Waals surface area (Å²) in [4.78, 5) is 55.2. The van der Waals surface area contributed by atoms with Crippen LogP contribution in [0.2, 0.25) is 0 Å². The number of carbonyl (C=O) groups is 6. The van der Waals surface area contributed by atoms with Crippen molar-refractivity contribution < 1.29 is 226 Å². The molecule has 6 aliphatic rings. The number of hydrogen-bond acceptors (Lipinski definition) is 6. The van der Waals surface area contributed by atoms with Gasteiger partial charge in [-0.25, -0.2) is 0 Å². The molecule has 6 rings (SSSR count). The summed E-state index contributed by atoms with van der Waals surface area (Å²) >= 11 is -3.33. The van der Waals surface area contributed by atoms with E-state index < -0.39 is 114 Å². The quantitative estimate of drug-likeness (QED) is 0.143. The number of hydrogen-bond donors (Lipinski definition) is 6. The Balaban J connectivity index is -0.0000000244. The van der Waals surface area contributed by atoms with E-state index in [0.717, 1.165) is 118 Å². The molecule has 0 saturated heterocycles. The fourth-order valence-electron chi connectivity index (χ4n) is 7.07. The normalized spacial score (nSPS) is 14.5. The van der Waals surface area contributed by atoms with E-state index in [1.165, 1.54) is 109 Å². The maximum absolute atomic E-state index is 9.60. The molecule has 0 aliphatic heterocycles. The summed E-state index contributed by atoms with van der Waals surface area (Å²) in [6, 6.07) is 1.44. The van der Waals surface area contributed by atoms with Crippen molar-refractivity contribution in [2.45, 2.75) is 336 Å². The minimum atomic E-state index is -3.06. The summed E-state index contributed by atoms with van der Waals surface area (Å²) in [7, 11) is 63.6. The fourth-order valence-corrected chi connectivity index (χ4v) is 7.07. The Kier molecular flexibility index (Phi) is 327.